The van der Waals surface area contributed by atoms with Crippen molar-refractivity contribution in [2.24, 2.45) is 0 Å². The minimum Gasteiger partial charge on any atom is -0.383 e. The van der Waals surface area contributed by atoms with Gasteiger partial charge in [0.2, 0.25) is 0 Å². The molecule has 0 aliphatic rings. The molecular formula is C30H23Cl2N11OS2. The van der Waals surface area contributed by atoms with Crippen LogP contribution in [0.1, 0.15) is 10.5 Å². The number of hydrogen-bond acceptors (Lipinski definition) is 11. The molecule has 7 aromatic rings. The lowest BCUT2D eigenvalue weighted by Gasteiger charge is -2.08. The Morgan fingerprint density at radius 1 is 0.739 bits per heavy atom. The van der Waals surface area contributed by atoms with Gasteiger partial charge in [0.25, 0.3) is 5.91 Å². The summed E-state index contributed by atoms with van der Waals surface area (Å²) in [6, 6.07) is 20.0. The Bertz CT molecular complexity index is 2190. The monoisotopic (exact) mass is 687 g/mol. The first kappa shape index (κ1) is 31.2. The molecule has 230 valence electrons. The number of rotatable bonds is 6. The van der Waals surface area contributed by atoms with Crippen LogP contribution < -0.4 is 11.1 Å². The average molecular weight is 689 g/mol. The van der Waals surface area contributed by atoms with E-state index in [9.17, 15) is 4.79 Å². The van der Waals surface area contributed by atoms with E-state index in [0.717, 1.165) is 16.8 Å². The van der Waals surface area contributed by atoms with Crippen molar-refractivity contribution in [3.63, 3.8) is 0 Å². The van der Waals surface area contributed by atoms with E-state index < -0.39 is 0 Å². The van der Waals surface area contributed by atoms with Gasteiger partial charge in [0.05, 0.1) is 22.2 Å². The van der Waals surface area contributed by atoms with Gasteiger partial charge in [0.1, 0.15) is 17.3 Å². The number of aromatic amines is 2. The van der Waals surface area contributed by atoms with E-state index in [4.69, 9.17) is 28.9 Å². The number of fused-ring (bicyclic) bond motifs is 2. The Morgan fingerprint density at radius 3 is 1.85 bits per heavy atom. The van der Waals surface area contributed by atoms with Gasteiger partial charge in [0.15, 0.2) is 21.6 Å². The third kappa shape index (κ3) is 6.33. The molecule has 0 fully saturated rings. The van der Waals surface area contributed by atoms with Crippen LogP contribution >= 0.6 is 46.7 Å². The maximum Gasteiger partial charge on any atom is 0.275 e. The Kier molecular flexibility index (Phi) is 9.30. The van der Waals surface area contributed by atoms with Gasteiger partial charge in [-0.15, -0.1) is 0 Å². The van der Waals surface area contributed by atoms with Gasteiger partial charge in [-0.2, -0.15) is 10.2 Å². The number of anilines is 2. The molecule has 0 radical (unpaired) electrons. The number of H-pyrrole nitrogens is 2. The summed E-state index contributed by atoms with van der Waals surface area (Å²) in [5.41, 5.74) is 10.2. The Balaban J connectivity index is 0.000000172. The average Bonchev–Trinajstić information content (AvgIpc) is 3.71. The second-order valence-electron chi connectivity index (χ2n) is 9.38. The first-order chi connectivity index (χ1) is 22.4. The summed E-state index contributed by atoms with van der Waals surface area (Å²) in [5, 5.41) is 20.7. The lowest BCUT2D eigenvalue weighted by molar-refractivity contribution is 0.102. The highest BCUT2D eigenvalue weighted by molar-refractivity contribution is 7.98. The smallest absolute Gasteiger partial charge is 0.275 e. The van der Waals surface area contributed by atoms with Crippen LogP contribution in [-0.4, -0.2) is 63.7 Å². The van der Waals surface area contributed by atoms with E-state index in [1.54, 1.807) is 30.5 Å². The second kappa shape index (κ2) is 13.7. The molecule has 7 rings (SSSR count). The van der Waals surface area contributed by atoms with Crippen LogP contribution in [-0.2, 0) is 0 Å². The Labute approximate surface area is 280 Å². The highest BCUT2D eigenvalue weighted by atomic mass is 35.5. The van der Waals surface area contributed by atoms with Gasteiger partial charge < -0.3 is 11.1 Å². The molecule has 16 heteroatoms. The molecule has 0 saturated heterocycles. The zero-order valence-electron chi connectivity index (χ0n) is 24.1. The van der Waals surface area contributed by atoms with Crippen LogP contribution in [0.4, 0.5) is 11.6 Å². The molecule has 0 atom stereocenters. The molecule has 1 amide bonds. The van der Waals surface area contributed by atoms with E-state index >= 15 is 0 Å². The van der Waals surface area contributed by atoms with Crippen molar-refractivity contribution in [1.82, 2.24) is 45.3 Å². The number of carbonyl (C=O) groups is 1. The normalized spacial score (nSPS) is 11.0. The zero-order valence-corrected chi connectivity index (χ0v) is 27.3. The third-order valence-electron chi connectivity index (χ3n) is 6.60. The predicted molar refractivity (Wildman–Crippen MR) is 184 cm³/mol. The van der Waals surface area contributed by atoms with Crippen molar-refractivity contribution in [1.29, 1.82) is 0 Å². The van der Waals surface area contributed by atoms with Gasteiger partial charge in [0, 0.05) is 27.4 Å². The number of aromatic nitrogens is 9. The molecule has 0 saturated carbocycles. The highest BCUT2D eigenvalue weighted by Crippen LogP contribution is 2.36. The van der Waals surface area contributed by atoms with Crippen molar-refractivity contribution >= 4 is 86.3 Å². The summed E-state index contributed by atoms with van der Waals surface area (Å²) in [4.78, 5) is 34.1. The lowest BCUT2D eigenvalue weighted by atomic mass is 10.1. The minimum absolute atomic E-state index is 0.290. The summed E-state index contributed by atoms with van der Waals surface area (Å²) < 4.78 is 0. The molecule has 5 heterocycles. The SMILES string of the molecule is CSc1nc(N)c2c(-c3ccccc3Cl)[nH]nc2n1.CSc1nc(NC(=O)c2ccccn2)c2c(-c3ccccc3Cl)[nH]nc2n1. The van der Waals surface area contributed by atoms with Crippen LogP contribution in [0.3, 0.4) is 0 Å². The number of nitrogens with zero attached hydrogens (tertiary/aromatic N) is 7. The van der Waals surface area contributed by atoms with Gasteiger partial charge in [-0.05, 0) is 36.8 Å². The summed E-state index contributed by atoms with van der Waals surface area (Å²) in [7, 11) is 0. The van der Waals surface area contributed by atoms with E-state index in [2.05, 4.69) is 50.6 Å². The predicted octanol–water partition coefficient (Wildman–Crippen LogP) is 7.02. The summed E-state index contributed by atoms with van der Waals surface area (Å²) in [6.45, 7) is 0. The Hall–Kier alpha value is -4.76. The van der Waals surface area contributed by atoms with Crippen LogP contribution in [0.5, 0.6) is 0 Å². The van der Waals surface area contributed by atoms with E-state index in [1.165, 1.54) is 23.5 Å². The second-order valence-corrected chi connectivity index (χ2v) is 11.7. The number of carbonyl (C=O) groups excluding carboxylic acids is 1. The molecule has 0 aliphatic heterocycles. The first-order valence-electron chi connectivity index (χ1n) is 13.5. The fourth-order valence-electron chi connectivity index (χ4n) is 4.49. The number of nitrogens with two attached hydrogens (primary N) is 1. The van der Waals surface area contributed by atoms with Gasteiger partial charge in [-0.3, -0.25) is 20.0 Å². The molecule has 5 N–H and O–H groups in total. The van der Waals surface area contributed by atoms with E-state index in [-0.39, 0.29) is 11.6 Å². The van der Waals surface area contributed by atoms with Crippen molar-refractivity contribution in [2.45, 2.75) is 10.3 Å². The maximum atomic E-state index is 12.6. The van der Waals surface area contributed by atoms with Gasteiger partial charge in [-0.25, -0.2) is 19.9 Å². The largest absolute Gasteiger partial charge is 0.383 e. The lowest BCUT2D eigenvalue weighted by Crippen LogP contribution is -2.15. The van der Waals surface area contributed by atoms with Crippen molar-refractivity contribution in [3.05, 3.63) is 88.7 Å². The molecular weight excluding hydrogens is 665 g/mol. The molecule has 0 bridgehead atoms. The topological polar surface area (TPSA) is 177 Å². The fraction of sp³-hybridized carbons (Fsp3) is 0.0667. The molecule has 0 unspecified atom stereocenters. The molecule has 5 aromatic heterocycles. The molecule has 2 aromatic carbocycles. The van der Waals surface area contributed by atoms with Crippen molar-refractivity contribution in [3.8, 4) is 22.5 Å². The highest BCUT2D eigenvalue weighted by Gasteiger charge is 2.20. The van der Waals surface area contributed by atoms with Crippen LogP contribution in [0.2, 0.25) is 10.0 Å². The van der Waals surface area contributed by atoms with Crippen LogP contribution in [0.15, 0.2) is 83.2 Å². The number of amides is 1. The quantitative estimate of drug-likeness (QED) is 0.104. The summed E-state index contributed by atoms with van der Waals surface area (Å²) in [6.07, 6.45) is 5.31. The number of halogens is 2. The van der Waals surface area contributed by atoms with Gasteiger partial charge in [-0.1, -0.05) is 89.2 Å². The fourth-order valence-corrected chi connectivity index (χ4v) is 5.68. The van der Waals surface area contributed by atoms with Crippen molar-refractivity contribution in [2.75, 3.05) is 23.6 Å². The number of pyridine rings is 1. The summed E-state index contributed by atoms with van der Waals surface area (Å²) in [5.74, 6) is 0.385. The number of nitrogen functional groups attached to an aromatic ring is 1. The molecule has 0 aliphatic carbocycles. The molecule has 12 nitrogen and oxygen atoms in total. The van der Waals surface area contributed by atoms with Gasteiger partial charge >= 0.3 is 0 Å². The first-order valence-corrected chi connectivity index (χ1v) is 16.7. The summed E-state index contributed by atoms with van der Waals surface area (Å²) >= 11 is 15.3. The van der Waals surface area contributed by atoms with E-state index in [1.807, 2.05) is 55.0 Å². The Morgan fingerprint density at radius 2 is 1.28 bits per heavy atom. The molecule has 0 spiro atoms. The number of nitrogens with one attached hydrogen (secondary N) is 3. The third-order valence-corrected chi connectivity index (χ3v) is 8.35. The van der Waals surface area contributed by atoms with Crippen LogP contribution in [0.25, 0.3) is 44.6 Å². The number of benzene rings is 2. The number of hydrogen-bond donors (Lipinski definition) is 4. The maximum absolute atomic E-state index is 12.6. The van der Waals surface area contributed by atoms with E-state index in [0.29, 0.717) is 59.8 Å². The molecule has 46 heavy (non-hydrogen) atoms. The van der Waals surface area contributed by atoms with Crippen molar-refractivity contribution < 1.29 is 4.79 Å². The minimum atomic E-state index is -0.367. The standard InChI is InChI=1S/C18H13ClN6OS.C12H10ClN5S/c1-27-18-22-15(21-17(26)12-8-4-5-9-20-12)13-14(24-25-16(13)23-18)10-6-2-3-7-11(10)19;1-19-12-15-10(14)8-9(17-18-11(8)16-12)6-4-2-3-5-7(6)13/h2-9H,1H3,(H2,21,22,23,24,25,26);2-5H,1H3,(H3,14,15,16,17,18). The van der Waals surface area contributed by atoms with Crippen LogP contribution in [0, 0.1) is 0 Å². The zero-order chi connectivity index (χ0) is 32.2. The number of thioether (sulfide) groups is 2.